The predicted molar refractivity (Wildman–Crippen MR) is 97.2 cm³/mol. The minimum Gasteiger partial charge on any atom is -0.465 e. The van der Waals surface area contributed by atoms with Crippen LogP contribution in [0.15, 0.2) is 12.3 Å². The number of hydrogen-bond donors (Lipinski definition) is 0. The second-order valence-corrected chi connectivity index (χ2v) is 6.10. The summed E-state index contributed by atoms with van der Waals surface area (Å²) in [5, 5.41) is 9.26. The fourth-order valence-electron chi connectivity index (χ4n) is 3.05. The molecule has 0 aromatic carbocycles. The SMILES string of the molecule is CCOC(=O)Cn1nc(C)c2c(C(=O)OC)cc(-c3cn(C)nc3C)nc21. The van der Waals surface area contributed by atoms with E-state index in [-0.39, 0.29) is 13.2 Å². The first-order chi connectivity index (χ1) is 12.8. The van der Waals surface area contributed by atoms with Crippen LogP contribution in [0.2, 0.25) is 0 Å². The molecule has 0 aliphatic rings. The molecule has 0 spiro atoms. The number of pyridine rings is 1. The Morgan fingerprint density at radius 3 is 2.52 bits per heavy atom. The van der Waals surface area contributed by atoms with Crippen molar-refractivity contribution in [1.29, 1.82) is 0 Å². The molecule has 9 heteroatoms. The molecule has 27 heavy (non-hydrogen) atoms. The number of fused-ring (bicyclic) bond motifs is 1. The molecule has 3 aromatic rings. The highest BCUT2D eigenvalue weighted by Gasteiger charge is 2.22. The van der Waals surface area contributed by atoms with Crippen LogP contribution in [0.5, 0.6) is 0 Å². The molecule has 0 fully saturated rings. The third-order valence-electron chi connectivity index (χ3n) is 4.16. The lowest BCUT2D eigenvalue weighted by Gasteiger charge is -2.07. The number of esters is 2. The molecule has 0 atom stereocenters. The van der Waals surface area contributed by atoms with E-state index in [4.69, 9.17) is 9.47 Å². The lowest BCUT2D eigenvalue weighted by molar-refractivity contribution is -0.143. The number of carbonyl (C=O) groups is 2. The Morgan fingerprint density at radius 2 is 1.93 bits per heavy atom. The number of rotatable bonds is 5. The molecule has 9 nitrogen and oxygen atoms in total. The second kappa shape index (κ2) is 7.18. The van der Waals surface area contributed by atoms with Gasteiger partial charge in [0, 0.05) is 18.8 Å². The van der Waals surface area contributed by atoms with Crippen molar-refractivity contribution in [3.63, 3.8) is 0 Å². The summed E-state index contributed by atoms with van der Waals surface area (Å²) in [4.78, 5) is 29.0. The lowest BCUT2D eigenvalue weighted by Crippen LogP contribution is -2.15. The van der Waals surface area contributed by atoms with Gasteiger partial charge in [0.1, 0.15) is 6.54 Å². The van der Waals surface area contributed by atoms with Crippen LogP contribution >= 0.6 is 0 Å². The van der Waals surface area contributed by atoms with Gasteiger partial charge < -0.3 is 9.47 Å². The molecule has 0 bridgehead atoms. The van der Waals surface area contributed by atoms with E-state index in [1.165, 1.54) is 11.8 Å². The number of aryl methyl sites for hydroxylation is 3. The zero-order chi connectivity index (χ0) is 19.7. The summed E-state index contributed by atoms with van der Waals surface area (Å²) >= 11 is 0. The van der Waals surface area contributed by atoms with Gasteiger partial charge >= 0.3 is 11.9 Å². The van der Waals surface area contributed by atoms with Crippen molar-refractivity contribution < 1.29 is 19.1 Å². The van der Waals surface area contributed by atoms with Gasteiger partial charge in [-0.1, -0.05) is 0 Å². The van der Waals surface area contributed by atoms with Crippen molar-refractivity contribution in [3.05, 3.63) is 29.2 Å². The molecule has 0 amide bonds. The normalized spacial score (nSPS) is 11.0. The Balaban J connectivity index is 2.25. The highest BCUT2D eigenvalue weighted by molar-refractivity contribution is 6.05. The zero-order valence-corrected chi connectivity index (χ0v) is 15.9. The Morgan fingerprint density at radius 1 is 1.19 bits per heavy atom. The van der Waals surface area contributed by atoms with Crippen LogP contribution in [0.1, 0.15) is 28.7 Å². The van der Waals surface area contributed by atoms with Crippen LogP contribution in [-0.2, 0) is 27.9 Å². The average Bonchev–Trinajstić information content (AvgIpc) is 3.12. The number of ether oxygens (including phenoxy) is 2. The first-order valence-corrected chi connectivity index (χ1v) is 8.48. The third kappa shape index (κ3) is 3.40. The molecule has 0 aliphatic carbocycles. The molecule has 3 rings (SSSR count). The van der Waals surface area contributed by atoms with Crippen LogP contribution in [0.3, 0.4) is 0 Å². The second-order valence-electron chi connectivity index (χ2n) is 6.10. The molecule has 0 unspecified atom stereocenters. The molecule has 0 aliphatic heterocycles. The van der Waals surface area contributed by atoms with E-state index in [0.717, 1.165) is 11.3 Å². The van der Waals surface area contributed by atoms with E-state index < -0.39 is 11.9 Å². The van der Waals surface area contributed by atoms with Gasteiger partial charge in [0.05, 0.1) is 41.7 Å². The number of hydrogen-bond acceptors (Lipinski definition) is 7. The summed E-state index contributed by atoms with van der Waals surface area (Å²) in [6, 6.07) is 1.67. The summed E-state index contributed by atoms with van der Waals surface area (Å²) in [6.07, 6.45) is 1.82. The Kier molecular flexibility index (Phi) is 4.93. The Hall–Kier alpha value is -3.23. The van der Waals surface area contributed by atoms with E-state index in [9.17, 15) is 9.59 Å². The van der Waals surface area contributed by atoms with Gasteiger partial charge in [0.2, 0.25) is 0 Å². The van der Waals surface area contributed by atoms with Crippen LogP contribution in [0, 0.1) is 13.8 Å². The van der Waals surface area contributed by atoms with Crippen molar-refractivity contribution in [1.82, 2.24) is 24.5 Å². The molecule has 3 heterocycles. The summed E-state index contributed by atoms with van der Waals surface area (Å²) in [6.45, 7) is 5.54. The standard InChI is InChI=1S/C18H21N5O4/c1-6-27-15(24)9-23-17-16(11(3)21-23)12(18(25)26-5)7-14(19-17)13-8-22(4)20-10(13)2/h7-8H,6,9H2,1-5H3. The highest BCUT2D eigenvalue weighted by atomic mass is 16.5. The largest absolute Gasteiger partial charge is 0.465 e. The lowest BCUT2D eigenvalue weighted by atomic mass is 10.1. The first kappa shape index (κ1) is 18.6. The van der Waals surface area contributed by atoms with Crippen molar-refractivity contribution in [2.75, 3.05) is 13.7 Å². The van der Waals surface area contributed by atoms with E-state index in [2.05, 4.69) is 15.2 Å². The molecular formula is C18H21N5O4. The summed E-state index contributed by atoms with van der Waals surface area (Å²) in [5.41, 5.74) is 3.45. The molecule has 142 valence electrons. The molecule has 0 radical (unpaired) electrons. The minimum atomic E-state index is -0.496. The Bertz CT molecular complexity index is 1030. The van der Waals surface area contributed by atoms with Crippen LogP contribution in [0.25, 0.3) is 22.3 Å². The van der Waals surface area contributed by atoms with Gasteiger partial charge in [-0.3, -0.25) is 9.48 Å². The van der Waals surface area contributed by atoms with Gasteiger partial charge in [0.25, 0.3) is 0 Å². The van der Waals surface area contributed by atoms with Crippen molar-refractivity contribution in [2.45, 2.75) is 27.3 Å². The summed E-state index contributed by atoms with van der Waals surface area (Å²) in [7, 11) is 3.13. The van der Waals surface area contributed by atoms with Crippen molar-refractivity contribution in [3.8, 4) is 11.3 Å². The van der Waals surface area contributed by atoms with E-state index >= 15 is 0 Å². The zero-order valence-electron chi connectivity index (χ0n) is 15.9. The van der Waals surface area contributed by atoms with Crippen molar-refractivity contribution in [2.24, 2.45) is 7.05 Å². The maximum atomic E-state index is 12.4. The van der Waals surface area contributed by atoms with Gasteiger partial charge in [-0.05, 0) is 26.8 Å². The molecular weight excluding hydrogens is 350 g/mol. The number of methoxy groups -OCH3 is 1. The topological polar surface area (TPSA) is 101 Å². The molecule has 0 saturated heterocycles. The minimum absolute atomic E-state index is 0.0960. The first-order valence-electron chi connectivity index (χ1n) is 8.48. The summed E-state index contributed by atoms with van der Waals surface area (Å²) < 4.78 is 13.1. The summed E-state index contributed by atoms with van der Waals surface area (Å²) in [5.74, 6) is -0.921. The average molecular weight is 371 g/mol. The third-order valence-corrected chi connectivity index (χ3v) is 4.16. The van der Waals surface area contributed by atoms with Crippen LogP contribution in [0.4, 0.5) is 0 Å². The van der Waals surface area contributed by atoms with E-state index in [1.807, 2.05) is 20.2 Å². The van der Waals surface area contributed by atoms with Gasteiger partial charge in [-0.25, -0.2) is 14.5 Å². The maximum Gasteiger partial charge on any atom is 0.338 e. The number of aromatic nitrogens is 5. The predicted octanol–water partition coefficient (Wildman–Crippen LogP) is 1.80. The van der Waals surface area contributed by atoms with Crippen molar-refractivity contribution >= 4 is 23.0 Å². The van der Waals surface area contributed by atoms with Gasteiger partial charge in [-0.2, -0.15) is 10.2 Å². The molecule has 0 N–H and O–H groups in total. The smallest absolute Gasteiger partial charge is 0.338 e. The number of nitrogens with zero attached hydrogens (tertiary/aromatic N) is 5. The molecule has 3 aromatic heterocycles. The van der Waals surface area contributed by atoms with Crippen LogP contribution < -0.4 is 0 Å². The Labute approximate surface area is 155 Å². The molecule has 0 saturated carbocycles. The van der Waals surface area contributed by atoms with E-state index in [1.54, 1.807) is 24.6 Å². The fourth-order valence-corrected chi connectivity index (χ4v) is 3.05. The van der Waals surface area contributed by atoms with Crippen LogP contribution in [-0.4, -0.2) is 50.2 Å². The quantitative estimate of drug-likeness (QED) is 0.630. The number of carbonyl (C=O) groups excluding carboxylic acids is 2. The van der Waals surface area contributed by atoms with E-state index in [0.29, 0.717) is 28.0 Å². The fraction of sp³-hybridized carbons (Fsp3) is 0.389. The maximum absolute atomic E-state index is 12.4. The monoisotopic (exact) mass is 371 g/mol. The van der Waals surface area contributed by atoms with Gasteiger partial charge in [0.15, 0.2) is 5.65 Å². The van der Waals surface area contributed by atoms with Gasteiger partial charge in [-0.15, -0.1) is 0 Å². The highest BCUT2D eigenvalue weighted by Crippen LogP contribution is 2.29.